The highest BCUT2D eigenvalue weighted by Crippen LogP contribution is 2.41. The third-order valence-corrected chi connectivity index (χ3v) is 5.01. The van der Waals surface area contributed by atoms with Crippen molar-refractivity contribution in [2.75, 3.05) is 5.32 Å². The molecule has 1 aromatic carbocycles. The molecule has 2 aliphatic rings. The van der Waals surface area contributed by atoms with Crippen molar-refractivity contribution in [1.82, 2.24) is 5.32 Å². The zero-order valence-corrected chi connectivity index (χ0v) is 15.1. The molecule has 4 heteroatoms. The van der Waals surface area contributed by atoms with Crippen LogP contribution >= 0.6 is 0 Å². The van der Waals surface area contributed by atoms with Gasteiger partial charge in [0.25, 0.3) is 0 Å². The van der Waals surface area contributed by atoms with Crippen LogP contribution in [-0.2, 0) is 9.59 Å². The molecule has 2 N–H and O–H groups in total. The predicted molar refractivity (Wildman–Crippen MR) is 96.0 cm³/mol. The van der Waals surface area contributed by atoms with E-state index >= 15 is 0 Å². The largest absolute Gasteiger partial charge is 0.353 e. The minimum absolute atomic E-state index is 0.0130. The van der Waals surface area contributed by atoms with Crippen LogP contribution in [0.2, 0.25) is 0 Å². The first kappa shape index (κ1) is 17.0. The van der Waals surface area contributed by atoms with E-state index in [4.69, 9.17) is 0 Å². The van der Waals surface area contributed by atoms with Crippen molar-refractivity contribution in [3.63, 3.8) is 0 Å². The first-order valence-electron chi connectivity index (χ1n) is 9.12. The van der Waals surface area contributed by atoms with Crippen molar-refractivity contribution < 1.29 is 9.59 Å². The number of carbonyl (C=O) groups is 2. The second-order valence-electron chi connectivity index (χ2n) is 7.84. The zero-order valence-electron chi connectivity index (χ0n) is 15.1. The molecule has 2 amide bonds. The second kappa shape index (κ2) is 6.58. The number of hydrogen-bond donors (Lipinski definition) is 2. The molecule has 2 aliphatic carbocycles. The quantitative estimate of drug-likeness (QED) is 0.835. The van der Waals surface area contributed by atoms with Gasteiger partial charge in [0.05, 0.1) is 11.8 Å². The summed E-state index contributed by atoms with van der Waals surface area (Å²) in [4.78, 5) is 24.7. The van der Waals surface area contributed by atoms with Crippen LogP contribution < -0.4 is 10.6 Å². The molecule has 2 saturated carbocycles. The highest BCUT2D eigenvalue weighted by molar-refractivity contribution is 6.00. The molecular formula is C20H28N2O2. The number of rotatable bonds is 6. The maximum atomic E-state index is 12.6. The first-order chi connectivity index (χ1) is 11.4. The monoisotopic (exact) mass is 328 g/mol. The molecule has 130 valence electrons. The smallest absolute Gasteiger partial charge is 0.228 e. The van der Waals surface area contributed by atoms with E-state index in [1.54, 1.807) is 0 Å². The summed E-state index contributed by atoms with van der Waals surface area (Å²) in [6.45, 7) is 8.55. The van der Waals surface area contributed by atoms with Crippen LogP contribution in [0.4, 0.5) is 5.69 Å². The van der Waals surface area contributed by atoms with Gasteiger partial charge < -0.3 is 10.6 Å². The van der Waals surface area contributed by atoms with Crippen LogP contribution in [0, 0.1) is 11.8 Å². The molecular weight excluding hydrogens is 300 g/mol. The lowest BCUT2D eigenvalue weighted by Crippen LogP contribution is -2.29. The van der Waals surface area contributed by atoms with Gasteiger partial charge in [0.1, 0.15) is 0 Å². The Labute approximate surface area is 144 Å². The van der Waals surface area contributed by atoms with Crippen LogP contribution in [0.5, 0.6) is 0 Å². The lowest BCUT2D eigenvalue weighted by atomic mass is 9.92. The van der Waals surface area contributed by atoms with E-state index in [1.165, 1.54) is 0 Å². The molecule has 2 unspecified atom stereocenters. The fourth-order valence-corrected chi connectivity index (χ4v) is 3.22. The van der Waals surface area contributed by atoms with Gasteiger partial charge in [-0.3, -0.25) is 9.59 Å². The van der Waals surface area contributed by atoms with E-state index in [0.717, 1.165) is 29.7 Å². The lowest BCUT2D eigenvalue weighted by Gasteiger charge is -2.20. The Hall–Kier alpha value is -1.84. The van der Waals surface area contributed by atoms with Crippen LogP contribution in [0.1, 0.15) is 69.9 Å². The number of anilines is 1. The van der Waals surface area contributed by atoms with E-state index in [0.29, 0.717) is 24.3 Å². The summed E-state index contributed by atoms with van der Waals surface area (Å²) in [6, 6.07) is 6.58. The number of carbonyl (C=O) groups excluding carboxylic acids is 2. The molecule has 2 atom stereocenters. The average Bonchev–Trinajstić information content (AvgIpc) is 3.40. The Balaban J connectivity index is 1.71. The summed E-state index contributed by atoms with van der Waals surface area (Å²) in [7, 11) is 0. The van der Waals surface area contributed by atoms with Crippen molar-refractivity contribution >= 4 is 17.5 Å². The fourth-order valence-electron chi connectivity index (χ4n) is 3.22. The van der Waals surface area contributed by atoms with E-state index in [2.05, 4.69) is 56.5 Å². The SMILES string of the molecule is CC(C)c1cccc(C(C)C)c1NC(=O)C1CC1C(=O)NC1CC1. The number of amides is 2. The molecule has 0 spiro atoms. The van der Waals surface area contributed by atoms with Gasteiger partial charge in [-0.05, 0) is 42.2 Å². The Morgan fingerprint density at radius 3 is 2.00 bits per heavy atom. The average molecular weight is 328 g/mol. The van der Waals surface area contributed by atoms with Gasteiger partial charge in [-0.2, -0.15) is 0 Å². The van der Waals surface area contributed by atoms with Crippen molar-refractivity contribution in [2.45, 2.75) is 64.8 Å². The highest BCUT2D eigenvalue weighted by Gasteiger charge is 2.49. The molecule has 2 fully saturated rings. The molecule has 24 heavy (non-hydrogen) atoms. The number of benzene rings is 1. The molecule has 1 aromatic rings. The maximum absolute atomic E-state index is 12.6. The molecule has 4 nitrogen and oxygen atoms in total. The maximum Gasteiger partial charge on any atom is 0.228 e. The first-order valence-corrected chi connectivity index (χ1v) is 9.12. The van der Waals surface area contributed by atoms with Crippen molar-refractivity contribution in [3.8, 4) is 0 Å². The summed E-state index contributed by atoms with van der Waals surface area (Å²) in [5.74, 6) is 0.405. The van der Waals surface area contributed by atoms with Crippen LogP contribution in [0.25, 0.3) is 0 Å². The van der Waals surface area contributed by atoms with E-state index < -0.39 is 0 Å². The summed E-state index contributed by atoms with van der Waals surface area (Å²) >= 11 is 0. The van der Waals surface area contributed by atoms with Gasteiger partial charge in [-0.15, -0.1) is 0 Å². The molecule has 0 aliphatic heterocycles. The van der Waals surface area contributed by atoms with Gasteiger partial charge in [0, 0.05) is 11.7 Å². The minimum atomic E-state index is -0.177. The van der Waals surface area contributed by atoms with E-state index in [1.807, 2.05) is 0 Å². The normalized spacial score (nSPS) is 22.6. The zero-order chi connectivity index (χ0) is 17.4. The fraction of sp³-hybridized carbons (Fsp3) is 0.600. The van der Waals surface area contributed by atoms with Gasteiger partial charge in [-0.1, -0.05) is 45.9 Å². The molecule has 3 rings (SSSR count). The molecule has 0 radical (unpaired) electrons. The Kier molecular flexibility index (Phi) is 4.66. The third-order valence-electron chi connectivity index (χ3n) is 5.01. The summed E-state index contributed by atoms with van der Waals surface area (Å²) in [6.07, 6.45) is 2.83. The third kappa shape index (κ3) is 3.63. The highest BCUT2D eigenvalue weighted by atomic mass is 16.2. The topological polar surface area (TPSA) is 58.2 Å². The lowest BCUT2D eigenvalue weighted by molar-refractivity contribution is -0.125. The number of nitrogens with one attached hydrogen (secondary N) is 2. The van der Waals surface area contributed by atoms with Gasteiger partial charge in [-0.25, -0.2) is 0 Å². The van der Waals surface area contributed by atoms with Crippen LogP contribution in [0.3, 0.4) is 0 Å². The minimum Gasteiger partial charge on any atom is -0.353 e. The molecule has 0 saturated heterocycles. The second-order valence-corrected chi connectivity index (χ2v) is 7.84. The van der Waals surface area contributed by atoms with E-state index in [-0.39, 0.29) is 23.7 Å². The Morgan fingerprint density at radius 2 is 1.50 bits per heavy atom. The van der Waals surface area contributed by atoms with Crippen molar-refractivity contribution in [1.29, 1.82) is 0 Å². The summed E-state index contributed by atoms with van der Waals surface area (Å²) in [5, 5.41) is 6.14. The number of hydrogen-bond acceptors (Lipinski definition) is 2. The Morgan fingerprint density at radius 1 is 0.958 bits per heavy atom. The Bertz CT molecular complexity index is 621. The molecule has 0 bridgehead atoms. The van der Waals surface area contributed by atoms with E-state index in [9.17, 15) is 9.59 Å². The number of para-hydroxylation sites is 1. The molecule has 0 heterocycles. The van der Waals surface area contributed by atoms with Crippen molar-refractivity contribution in [3.05, 3.63) is 29.3 Å². The van der Waals surface area contributed by atoms with Gasteiger partial charge in [0.2, 0.25) is 11.8 Å². The predicted octanol–water partition coefficient (Wildman–Crippen LogP) is 3.79. The van der Waals surface area contributed by atoms with Gasteiger partial charge in [0.15, 0.2) is 0 Å². The van der Waals surface area contributed by atoms with Crippen molar-refractivity contribution in [2.24, 2.45) is 11.8 Å². The van der Waals surface area contributed by atoms with Gasteiger partial charge >= 0.3 is 0 Å². The summed E-state index contributed by atoms with van der Waals surface area (Å²) < 4.78 is 0. The summed E-state index contributed by atoms with van der Waals surface area (Å²) in [5.41, 5.74) is 3.27. The standard InChI is InChI=1S/C20H28N2O2/c1-11(2)14-6-5-7-15(12(3)4)18(14)22-20(24)17-10-16(17)19(23)21-13-8-9-13/h5-7,11-13,16-17H,8-10H2,1-4H3,(H,21,23)(H,22,24). The van der Waals surface area contributed by atoms with Crippen LogP contribution in [0.15, 0.2) is 18.2 Å². The molecule has 0 aromatic heterocycles. The van der Waals surface area contributed by atoms with Crippen LogP contribution in [-0.4, -0.2) is 17.9 Å².